The number of benzene rings is 2. The number of rotatable bonds is 6. The maximum Gasteiger partial charge on any atom is 0.330 e. The van der Waals surface area contributed by atoms with E-state index < -0.39 is 12.0 Å². The van der Waals surface area contributed by atoms with Crippen molar-refractivity contribution in [3.63, 3.8) is 0 Å². The van der Waals surface area contributed by atoms with Gasteiger partial charge >= 0.3 is 5.97 Å². The summed E-state index contributed by atoms with van der Waals surface area (Å²) in [6.07, 6.45) is 0. The molecule has 0 aromatic heterocycles. The average molecular weight is 306 g/mol. The van der Waals surface area contributed by atoms with E-state index >= 15 is 0 Å². The highest BCUT2D eigenvalue weighted by Crippen LogP contribution is 2.25. The molecule has 110 valence electrons. The average Bonchev–Trinajstić information content (AvgIpc) is 2.46. The van der Waals surface area contributed by atoms with Gasteiger partial charge in [-0.05, 0) is 29.3 Å². The first-order valence-electron chi connectivity index (χ1n) is 6.43. The van der Waals surface area contributed by atoms with Gasteiger partial charge in [-0.2, -0.15) is 0 Å². The van der Waals surface area contributed by atoms with Gasteiger partial charge in [-0.3, -0.25) is 0 Å². The highest BCUT2D eigenvalue weighted by molar-refractivity contribution is 6.30. The van der Waals surface area contributed by atoms with Crippen LogP contribution in [-0.2, 0) is 16.1 Å². The van der Waals surface area contributed by atoms with E-state index in [9.17, 15) is 9.90 Å². The lowest BCUT2D eigenvalue weighted by molar-refractivity contribution is -0.138. The Morgan fingerprint density at radius 1 is 1.29 bits per heavy atom. The quantitative estimate of drug-likeness (QED) is 0.854. The SMILES string of the molecule is COCc1ccccc1C(Nc1cccc(Cl)c1)C(=O)O. The number of carbonyl (C=O) groups is 1. The minimum atomic E-state index is -0.960. The molecule has 2 N–H and O–H groups in total. The van der Waals surface area contributed by atoms with Crippen LogP contribution in [0.1, 0.15) is 17.2 Å². The summed E-state index contributed by atoms with van der Waals surface area (Å²) in [7, 11) is 1.58. The molecule has 0 fully saturated rings. The van der Waals surface area contributed by atoms with Crippen molar-refractivity contribution >= 4 is 23.3 Å². The second kappa shape index (κ2) is 7.11. The lowest BCUT2D eigenvalue weighted by Gasteiger charge is -2.19. The Bertz CT molecular complexity index is 630. The summed E-state index contributed by atoms with van der Waals surface area (Å²) in [6, 6.07) is 13.4. The molecule has 0 radical (unpaired) electrons. The van der Waals surface area contributed by atoms with Crippen LogP contribution in [0, 0.1) is 0 Å². The molecule has 0 aliphatic rings. The predicted octanol–water partition coefficient (Wildman–Crippen LogP) is 3.72. The number of nitrogens with one attached hydrogen (secondary N) is 1. The van der Waals surface area contributed by atoms with Crippen LogP contribution in [0.4, 0.5) is 5.69 Å². The van der Waals surface area contributed by atoms with Gasteiger partial charge in [-0.25, -0.2) is 4.79 Å². The zero-order chi connectivity index (χ0) is 15.2. The van der Waals surface area contributed by atoms with Crippen molar-refractivity contribution in [2.75, 3.05) is 12.4 Å². The molecule has 21 heavy (non-hydrogen) atoms. The first-order chi connectivity index (χ1) is 10.1. The summed E-state index contributed by atoms with van der Waals surface area (Å²) in [5, 5.41) is 13.1. The van der Waals surface area contributed by atoms with Crippen molar-refractivity contribution in [2.24, 2.45) is 0 Å². The minimum absolute atomic E-state index is 0.358. The van der Waals surface area contributed by atoms with Gasteiger partial charge in [0.15, 0.2) is 6.04 Å². The molecule has 0 aliphatic heterocycles. The van der Waals surface area contributed by atoms with E-state index in [0.717, 1.165) is 5.56 Å². The molecular weight excluding hydrogens is 290 g/mol. The smallest absolute Gasteiger partial charge is 0.330 e. The van der Waals surface area contributed by atoms with E-state index in [2.05, 4.69) is 5.32 Å². The number of carboxylic acid groups (broad SMARTS) is 1. The standard InChI is InChI=1S/C16H16ClNO3/c1-21-10-11-5-2-3-8-14(11)15(16(19)20)18-13-7-4-6-12(17)9-13/h2-9,15,18H,10H2,1H3,(H,19,20). The number of hydrogen-bond donors (Lipinski definition) is 2. The van der Waals surface area contributed by atoms with Crippen molar-refractivity contribution in [3.05, 3.63) is 64.7 Å². The normalized spacial score (nSPS) is 11.9. The van der Waals surface area contributed by atoms with Gasteiger partial charge in [-0.15, -0.1) is 0 Å². The lowest BCUT2D eigenvalue weighted by atomic mass is 10.0. The predicted molar refractivity (Wildman–Crippen MR) is 82.6 cm³/mol. The number of carboxylic acids is 1. The molecule has 0 heterocycles. The Kier molecular flexibility index (Phi) is 5.20. The van der Waals surface area contributed by atoms with Crippen LogP contribution >= 0.6 is 11.6 Å². The van der Waals surface area contributed by atoms with Crippen LogP contribution in [0.2, 0.25) is 5.02 Å². The van der Waals surface area contributed by atoms with Gasteiger partial charge in [0.2, 0.25) is 0 Å². The lowest BCUT2D eigenvalue weighted by Crippen LogP contribution is -2.22. The molecule has 0 amide bonds. The molecule has 1 unspecified atom stereocenters. The second-order valence-electron chi connectivity index (χ2n) is 4.56. The Morgan fingerprint density at radius 2 is 2.05 bits per heavy atom. The maximum absolute atomic E-state index is 11.6. The van der Waals surface area contributed by atoms with Crippen molar-refractivity contribution in [1.82, 2.24) is 0 Å². The Hall–Kier alpha value is -2.04. The van der Waals surface area contributed by atoms with E-state index in [1.54, 1.807) is 37.4 Å². The third kappa shape index (κ3) is 3.97. The third-order valence-corrected chi connectivity index (χ3v) is 3.28. The van der Waals surface area contributed by atoms with Gasteiger partial charge in [-0.1, -0.05) is 41.9 Å². The molecule has 5 heteroatoms. The van der Waals surface area contributed by atoms with E-state index in [1.807, 2.05) is 18.2 Å². The summed E-state index contributed by atoms with van der Waals surface area (Å²) in [4.78, 5) is 11.6. The fourth-order valence-corrected chi connectivity index (χ4v) is 2.31. The Morgan fingerprint density at radius 3 is 2.71 bits per heavy atom. The van der Waals surface area contributed by atoms with Crippen LogP contribution in [0.5, 0.6) is 0 Å². The zero-order valence-corrected chi connectivity index (χ0v) is 12.3. The molecule has 1 atom stereocenters. The number of ether oxygens (including phenoxy) is 1. The number of anilines is 1. The molecule has 2 aromatic rings. The van der Waals surface area contributed by atoms with Crippen LogP contribution < -0.4 is 5.32 Å². The Balaban J connectivity index is 2.33. The molecule has 0 spiro atoms. The third-order valence-electron chi connectivity index (χ3n) is 3.05. The highest BCUT2D eigenvalue weighted by Gasteiger charge is 2.22. The topological polar surface area (TPSA) is 58.6 Å². The van der Waals surface area contributed by atoms with Crippen LogP contribution in [0.3, 0.4) is 0 Å². The summed E-state index contributed by atoms with van der Waals surface area (Å²) >= 11 is 5.93. The van der Waals surface area contributed by atoms with Crippen molar-refractivity contribution in [3.8, 4) is 0 Å². The molecular formula is C16H16ClNO3. The van der Waals surface area contributed by atoms with Crippen LogP contribution in [0.25, 0.3) is 0 Å². The van der Waals surface area contributed by atoms with Crippen molar-refractivity contribution in [2.45, 2.75) is 12.6 Å². The molecule has 0 aliphatic carbocycles. The van der Waals surface area contributed by atoms with E-state index in [0.29, 0.717) is 22.9 Å². The maximum atomic E-state index is 11.6. The van der Waals surface area contributed by atoms with Gasteiger partial charge in [0, 0.05) is 17.8 Å². The van der Waals surface area contributed by atoms with Crippen LogP contribution in [-0.4, -0.2) is 18.2 Å². The summed E-state index contributed by atoms with van der Waals surface area (Å²) in [5.41, 5.74) is 2.16. The fourth-order valence-electron chi connectivity index (χ4n) is 2.12. The summed E-state index contributed by atoms with van der Waals surface area (Å²) in [5.74, 6) is -0.960. The molecule has 0 bridgehead atoms. The number of hydrogen-bond acceptors (Lipinski definition) is 3. The number of halogens is 1. The fraction of sp³-hybridized carbons (Fsp3) is 0.188. The monoisotopic (exact) mass is 305 g/mol. The number of aliphatic carboxylic acids is 1. The summed E-state index contributed by atoms with van der Waals surface area (Å²) in [6.45, 7) is 0.358. The van der Waals surface area contributed by atoms with Gasteiger partial charge in [0.25, 0.3) is 0 Å². The van der Waals surface area contributed by atoms with E-state index in [4.69, 9.17) is 16.3 Å². The molecule has 0 saturated carbocycles. The molecule has 2 rings (SSSR count). The first-order valence-corrected chi connectivity index (χ1v) is 6.81. The Labute approximate surface area is 128 Å². The van der Waals surface area contributed by atoms with Crippen LogP contribution in [0.15, 0.2) is 48.5 Å². The highest BCUT2D eigenvalue weighted by atomic mass is 35.5. The van der Waals surface area contributed by atoms with E-state index in [-0.39, 0.29) is 0 Å². The molecule has 2 aromatic carbocycles. The minimum Gasteiger partial charge on any atom is -0.479 e. The number of methoxy groups -OCH3 is 1. The van der Waals surface area contributed by atoms with Gasteiger partial charge in [0.05, 0.1) is 6.61 Å². The summed E-state index contributed by atoms with van der Waals surface area (Å²) < 4.78 is 5.13. The van der Waals surface area contributed by atoms with Crippen molar-refractivity contribution < 1.29 is 14.6 Å². The van der Waals surface area contributed by atoms with Crippen molar-refractivity contribution in [1.29, 1.82) is 0 Å². The van der Waals surface area contributed by atoms with Gasteiger partial charge in [0.1, 0.15) is 0 Å². The van der Waals surface area contributed by atoms with E-state index in [1.165, 1.54) is 0 Å². The first kappa shape index (κ1) is 15.4. The zero-order valence-electron chi connectivity index (χ0n) is 11.5. The largest absolute Gasteiger partial charge is 0.479 e. The second-order valence-corrected chi connectivity index (χ2v) is 4.99. The molecule has 4 nitrogen and oxygen atoms in total. The molecule has 0 saturated heterocycles. The van der Waals surface area contributed by atoms with Gasteiger partial charge < -0.3 is 15.2 Å².